The lowest BCUT2D eigenvalue weighted by atomic mass is 9.86. The summed E-state index contributed by atoms with van der Waals surface area (Å²) in [5, 5.41) is 3.33. The number of hydrogen-bond donors (Lipinski definition) is 1. The lowest BCUT2D eigenvalue weighted by Crippen LogP contribution is -2.29. The molecule has 2 aliphatic rings. The Morgan fingerprint density at radius 2 is 2.04 bits per heavy atom. The van der Waals surface area contributed by atoms with Crippen LogP contribution in [0.4, 0.5) is 0 Å². The van der Waals surface area contributed by atoms with Gasteiger partial charge in [-0.05, 0) is 48.6 Å². The molecule has 1 aromatic rings. The summed E-state index contributed by atoms with van der Waals surface area (Å²) in [5.41, 5.74) is 0.843. The number of carbonyl (C=O) groups is 2. The Kier molecular flexibility index (Phi) is 5.21. The Labute approximate surface area is 141 Å². The third kappa shape index (κ3) is 4.25. The first-order chi connectivity index (χ1) is 11.1. The molecule has 0 unspecified atom stereocenters. The van der Waals surface area contributed by atoms with Crippen molar-refractivity contribution in [3.8, 4) is 0 Å². The highest BCUT2D eigenvalue weighted by Crippen LogP contribution is 2.49. The molecule has 124 valence electrons. The zero-order valence-electron chi connectivity index (χ0n) is 13.1. The smallest absolute Gasteiger partial charge is 0.306 e. The van der Waals surface area contributed by atoms with Gasteiger partial charge in [0.05, 0.1) is 0 Å². The summed E-state index contributed by atoms with van der Waals surface area (Å²) in [5.74, 6) is 1.42. The van der Waals surface area contributed by atoms with Crippen molar-refractivity contribution in [2.24, 2.45) is 17.8 Å². The fourth-order valence-corrected chi connectivity index (χ4v) is 4.13. The van der Waals surface area contributed by atoms with Gasteiger partial charge in [0.15, 0.2) is 6.61 Å². The molecule has 5 heteroatoms. The van der Waals surface area contributed by atoms with Crippen molar-refractivity contribution in [2.45, 2.75) is 38.6 Å². The Balaban J connectivity index is 1.35. The number of ether oxygens (including phenoxy) is 1. The third-order valence-electron chi connectivity index (χ3n) is 5.11. The van der Waals surface area contributed by atoms with Gasteiger partial charge in [-0.25, -0.2) is 0 Å². The summed E-state index contributed by atoms with van der Waals surface area (Å²) in [6, 6.07) is 7.33. The van der Waals surface area contributed by atoms with Crippen LogP contribution in [0.25, 0.3) is 0 Å². The summed E-state index contributed by atoms with van der Waals surface area (Å²) in [4.78, 5) is 23.7. The maximum Gasteiger partial charge on any atom is 0.306 e. The Hall–Kier alpha value is -1.55. The van der Waals surface area contributed by atoms with Crippen molar-refractivity contribution >= 4 is 23.5 Å². The van der Waals surface area contributed by atoms with E-state index in [1.54, 1.807) is 6.07 Å². The first-order valence-electron chi connectivity index (χ1n) is 8.27. The zero-order chi connectivity index (χ0) is 16.2. The van der Waals surface area contributed by atoms with Crippen molar-refractivity contribution in [1.82, 2.24) is 5.32 Å². The number of fused-ring (bicyclic) bond motifs is 2. The molecule has 4 nitrogen and oxygen atoms in total. The van der Waals surface area contributed by atoms with Gasteiger partial charge in [-0.1, -0.05) is 36.2 Å². The van der Waals surface area contributed by atoms with Crippen LogP contribution in [0.1, 0.15) is 37.7 Å². The fraction of sp³-hybridized carbons (Fsp3) is 0.556. The second-order valence-electron chi connectivity index (χ2n) is 6.67. The number of hydrogen-bond acceptors (Lipinski definition) is 3. The molecule has 0 radical (unpaired) electrons. The monoisotopic (exact) mass is 335 g/mol. The van der Waals surface area contributed by atoms with Gasteiger partial charge in [0.25, 0.3) is 5.91 Å². The molecule has 3 atom stereocenters. The normalized spacial score (nSPS) is 25.3. The highest BCUT2D eigenvalue weighted by molar-refractivity contribution is 6.31. The Morgan fingerprint density at radius 1 is 1.22 bits per heavy atom. The first kappa shape index (κ1) is 16.3. The van der Waals surface area contributed by atoms with E-state index in [1.807, 2.05) is 18.2 Å². The first-order valence-corrected chi connectivity index (χ1v) is 8.65. The third-order valence-corrected chi connectivity index (χ3v) is 5.48. The molecule has 2 saturated carbocycles. The van der Waals surface area contributed by atoms with Gasteiger partial charge in [0.1, 0.15) is 0 Å². The fourth-order valence-electron chi connectivity index (χ4n) is 3.93. The average molecular weight is 336 g/mol. The van der Waals surface area contributed by atoms with Gasteiger partial charge in [-0.2, -0.15) is 0 Å². The number of rotatable bonds is 6. The van der Waals surface area contributed by atoms with Crippen LogP contribution in [-0.2, 0) is 20.9 Å². The number of amides is 1. The highest BCUT2D eigenvalue weighted by atomic mass is 35.5. The molecule has 0 aliphatic heterocycles. The van der Waals surface area contributed by atoms with E-state index in [2.05, 4.69) is 5.32 Å². The van der Waals surface area contributed by atoms with Crippen molar-refractivity contribution in [3.05, 3.63) is 34.9 Å². The van der Waals surface area contributed by atoms with Gasteiger partial charge in [-0.3, -0.25) is 9.59 Å². The van der Waals surface area contributed by atoms with Gasteiger partial charge >= 0.3 is 5.97 Å². The molecule has 2 bridgehead atoms. The second kappa shape index (κ2) is 7.35. The van der Waals surface area contributed by atoms with E-state index < -0.39 is 0 Å². The van der Waals surface area contributed by atoms with Crippen molar-refractivity contribution in [2.75, 3.05) is 6.61 Å². The number of halogens is 1. The predicted molar refractivity (Wildman–Crippen MR) is 87.8 cm³/mol. The lowest BCUT2D eigenvalue weighted by molar-refractivity contribution is -0.149. The van der Waals surface area contributed by atoms with Crippen LogP contribution in [0, 0.1) is 17.8 Å². The molecule has 3 rings (SSSR count). The summed E-state index contributed by atoms with van der Waals surface area (Å²) < 4.78 is 5.11. The Morgan fingerprint density at radius 3 is 2.74 bits per heavy atom. The van der Waals surface area contributed by atoms with Gasteiger partial charge < -0.3 is 10.1 Å². The summed E-state index contributed by atoms with van der Waals surface area (Å²) in [7, 11) is 0. The van der Waals surface area contributed by atoms with E-state index in [1.165, 1.54) is 19.3 Å². The van der Waals surface area contributed by atoms with Crippen LogP contribution in [-0.4, -0.2) is 18.5 Å². The molecular weight excluding hydrogens is 314 g/mol. The number of nitrogens with one attached hydrogen (secondary N) is 1. The summed E-state index contributed by atoms with van der Waals surface area (Å²) in [6.07, 6.45) is 5.45. The maximum absolute atomic E-state index is 11.9. The molecule has 1 aromatic carbocycles. The number of benzene rings is 1. The van der Waals surface area contributed by atoms with E-state index >= 15 is 0 Å². The minimum Gasteiger partial charge on any atom is -0.456 e. The number of carbonyl (C=O) groups excluding carboxylic acids is 2. The van der Waals surface area contributed by atoms with Crippen LogP contribution in [0.15, 0.2) is 24.3 Å². The molecule has 0 spiro atoms. The molecule has 0 heterocycles. The maximum atomic E-state index is 11.9. The van der Waals surface area contributed by atoms with E-state index in [0.29, 0.717) is 29.8 Å². The van der Waals surface area contributed by atoms with Crippen LogP contribution in [0.2, 0.25) is 5.02 Å². The molecule has 1 amide bonds. The van der Waals surface area contributed by atoms with Crippen LogP contribution < -0.4 is 5.32 Å². The topological polar surface area (TPSA) is 55.4 Å². The molecule has 0 aromatic heterocycles. The molecule has 0 saturated heterocycles. The standard InChI is InChI=1S/C18H22ClNO3/c19-16-4-2-1-3-14(16)10-20-17(21)11-23-18(22)9-15-8-12-5-6-13(15)7-12/h1-4,12-13,15H,5-11H2,(H,20,21)/t12-,13-,15-/m1/s1. The van der Waals surface area contributed by atoms with Crippen LogP contribution in [0.5, 0.6) is 0 Å². The molecular formula is C18H22ClNO3. The number of esters is 1. The SMILES string of the molecule is O=C(COC(=O)C[C@H]1C[C@@H]2CC[C@@H]1C2)NCc1ccccc1Cl. The second-order valence-corrected chi connectivity index (χ2v) is 7.08. The van der Waals surface area contributed by atoms with Gasteiger partial charge in [-0.15, -0.1) is 0 Å². The average Bonchev–Trinajstić information content (AvgIpc) is 3.15. The Bertz CT molecular complexity index is 589. The van der Waals surface area contributed by atoms with E-state index in [4.69, 9.17) is 16.3 Å². The lowest BCUT2D eigenvalue weighted by Gasteiger charge is -2.20. The summed E-state index contributed by atoms with van der Waals surface area (Å²) >= 11 is 6.02. The van der Waals surface area contributed by atoms with E-state index in [0.717, 1.165) is 17.9 Å². The van der Waals surface area contributed by atoms with Gasteiger partial charge in [0, 0.05) is 18.0 Å². The largest absolute Gasteiger partial charge is 0.456 e. The molecule has 1 N–H and O–H groups in total. The zero-order valence-corrected chi connectivity index (χ0v) is 13.8. The van der Waals surface area contributed by atoms with Crippen molar-refractivity contribution < 1.29 is 14.3 Å². The molecule has 23 heavy (non-hydrogen) atoms. The minimum atomic E-state index is -0.300. The van der Waals surface area contributed by atoms with Crippen molar-refractivity contribution in [3.63, 3.8) is 0 Å². The van der Waals surface area contributed by atoms with Crippen molar-refractivity contribution in [1.29, 1.82) is 0 Å². The summed E-state index contributed by atoms with van der Waals surface area (Å²) in [6.45, 7) is 0.118. The predicted octanol–water partition coefficient (Wildman–Crippen LogP) is 3.33. The van der Waals surface area contributed by atoms with Crippen LogP contribution >= 0.6 is 11.6 Å². The van der Waals surface area contributed by atoms with E-state index in [-0.39, 0.29) is 18.5 Å². The molecule has 2 aliphatic carbocycles. The van der Waals surface area contributed by atoms with Crippen LogP contribution in [0.3, 0.4) is 0 Å². The minimum absolute atomic E-state index is 0.218. The van der Waals surface area contributed by atoms with E-state index in [9.17, 15) is 9.59 Å². The highest BCUT2D eigenvalue weighted by Gasteiger charge is 2.40. The van der Waals surface area contributed by atoms with Gasteiger partial charge in [0.2, 0.25) is 0 Å². The quantitative estimate of drug-likeness (QED) is 0.811. The molecule has 2 fully saturated rings.